The highest BCUT2D eigenvalue weighted by Crippen LogP contribution is 2.14. The second-order valence-electron chi connectivity index (χ2n) is 5.89. The fourth-order valence-corrected chi connectivity index (χ4v) is 3.14. The van der Waals surface area contributed by atoms with Gasteiger partial charge in [-0.3, -0.25) is 9.59 Å². The lowest BCUT2D eigenvalue weighted by Gasteiger charge is -2.19. The Bertz CT molecular complexity index is 741. The van der Waals surface area contributed by atoms with Gasteiger partial charge in [0.15, 0.2) is 0 Å². The molecule has 0 aliphatic carbocycles. The number of amides is 2. The van der Waals surface area contributed by atoms with Gasteiger partial charge in [-0.15, -0.1) is 11.3 Å². The van der Waals surface area contributed by atoms with E-state index in [-0.39, 0.29) is 11.8 Å². The molecule has 0 bridgehead atoms. The Hall–Kier alpha value is -2.47. The number of carbonyl (C=O) groups excluding carboxylic acids is 2. The van der Waals surface area contributed by atoms with Crippen LogP contribution in [0, 0.1) is 0 Å². The van der Waals surface area contributed by atoms with Crippen molar-refractivity contribution < 1.29 is 9.59 Å². The molecule has 0 atom stereocenters. The highest BCUT2D eigenvalue weighted by atomic mass is 32.1. The van der Waals surface area contributed by atoms with Crippen LogP contribution in [-0.2, 0) is 11.3 Å². The van der Waals surface area contributed by atoms with Crippen molar-refractivity contribution in [2.24, 2.45) is 0 Å². The normalized spacial score (nSPS) is 10.8. The van der Waals surface area contributed by atoms with Gasteiger partial charge in [0.05, 0.1) is 6.54 Å². The summed E-state index contributed by atoms with van der Waals surface area (Å²) in [7, 11) is 0. The molecular weight excluding hydrogens is 346 g/mol. The SMILES string of the molecule is CCCNC(=O)c1csc(CN(CCC)C(=O)/C=C/c2ccccc2)n1. The number of rotatable bonds is 9. The van der Waals surface area contributed by atoms with E-state index in [1.807, 2.05) is 50.3 Å². The molecule has 0 aliphatic heterocycles. The van der Waals surface area contributed by atoms with Crippen LogP contribution in [0.15, 0.2) is 41.8 Å². The summed E-state index contributed by atoms with van der Waals surface area (Å²) in [5.41, 5.74) is 1.41. The molecule has 0 spiro atoms. The summed E-state index contributed by atoms with van der Waals surface area (Å²) < 4.78 is 0. The number of hydrogen-bond acceptors (Lipinski definition) is 4. The summed E-state index contributed by atoms with van der Waals surface area (Å²) in [6.07, 6.45) is 5.15. The van der Waals surface area contributed by atoms with E-state index in [4.69, 9.17) is 0 Å². The number of carbonyl (C=O) groups is 2. The van der Waals surface area contributed by atoms with Crippen molar-refractivity contribution in [2.75, 3.05) is 13.1 Å². The number of hydrogen-bond donors (Lipinski definition) is 1. The van der Waals surface area contributed by atoms with Crippen molar-refractivity contribution >= 4 is 29.2 Å². The van der Waals surface area contributed by atoms with Crippen LogP contribution in [0.4, 0.5) is 0 Å². The van der Waals surface area contributed by atoms with E-state index in [2.05, 4.69) is 10.3 Å². The van der Waals surface area contributed by atoms with Crippen LogP contribution in [-0.4, -0.2) is 34.8 Å². The molecular formula is C20H25N3O2S. The Morgan fingerprint density at radius 3 is 2.65 bits per heavy atom. The molecule has 1 aromatic heterocycles. The van der Waals surface area contributed by atoms with Crippen molar-refractivity contribution in [2.45, 2.75) is 33.2 Å². The monoisotopic (exact) mass is 371 g/mol. The zero-order chi connectivity index (χ0) is 18.8. The first-order chi connectivity index (χ1) is 12.6. The molecule has 1 N–H and O–H groups in total. The summed E-state index contributed by atoms with van der Waals surface area (Å²) >= 11 is 1.41. The molecule has 2 rings (SSSR count). The van der Waals surface area contributed by atoms with Crippen LogP contribution < -0.4 is 5.32 Å². The minimum Gasteiger partial charge on any atom is -0.351 e. The lowest BCUT2D eigenvalue weighted by Crippen LogP contribution is -2.30. The summed E-state index contributed by atoms with van der Waals surface area (Å²) in [6, 6.07) is 9.73. The number of aromatic nitrogens is 1. The van der Waals surface area contributed by atoms with Gasteiger partial charge < -0.3 is 10.2 Å². The summed E-state index contributed by atoms with van der Waals surface area (Å²) in [5.74, 6) is -0.213. The third-order valence-corrected chi connectivity index (χ3v) is 4.50. The average molecular weight is 372 g/mol. The molecule has 138 valence electrons. The van der Waals surface area contributed by atoms with E-state index in [1.54, 1.807) is 16.4 Å². The van der Waals surface area contributed by atoms with Crippen LogP contribution in [0.2, 0.25) is 0 Å². The molecule has 5 nitrogen and oxygen atoms in total. The van der Waals surface area contributed by atoms with Gasteiger partial charge in [0, 0.05) is 24.5 Å². The number of benzene rings is 1. The third-order valence-electron chi connectivity index (χ3n) is 3.67. The first kappa shape index (κ1) is 19.8. The van der Waals surface area contributed by atoms with Crippen molar-refractivity contribution in [1.29, 1.82) is 0 Å². The van der Waals surface area contributed by atoms with E-state index in [0.717, 1.165) is 23.4 Å². The third kappa shape index (κ3) is 6.11. The van der Waals surface area contributed by atoms with Crippen LogP contribution in [0.25, 0.3) is 6.08 Å². The van der Waals surface area contributed by atoms with Gasteiger partial charge in [-0.05, 0) is 24.5 Å². The quantitative estimate of drug-likeness (QED) is 0.683. The van der Waals surface area contributed by atoms with Crippen molar-refractivity contribution in [3.63, 3.8) is 0 Å². The molecule has 1 aromatic carbocycles. The van der Waals surface area contributed by atoms with E-state index < -0.39 is 0 Å². The lowest BCUT2D eigenvalue weighted by atomic mass is 10.2. The maximum atomic E-state index is 12.5. The highest BCUT2D eigenvalue weighted by molar-refractivity contribution is 7.09. The number of thiazole rings is 1. The fourth-order valence-electron chi connectivity index (χ4n) is 2.35. The molecule has 0 aliphatic rings. The molecule has 0 radical (unpaired) electrons. The predicted octanol–water partition coefficient (Wildman–Crippen LogP) is 3.73. The predicted molar refractivity (Wildman–Crippen MR) is 106 cm³/mol. The van der Waals surface area contributed by atoms with Crippen LogP contribution in [0.5, 0.6) is 0 Å². The molecule has 26 heavy (non-hydrogen) atoms. The van der Waals surface area contributed by atoms with E-state index in [9.17, 15) is 9.59 Å². The van der Waals surface area contributed by atoms with Crippen LogP contribution >= 0.6 is 11.3 Å². The molecule has 0 saturated heterocycles. The zero-order valence-electron chi connectivity index (χ0n) is 15.3. The zero-order valence-corrected chi connectivity index (χ0v) is 16.1. The summed E-state index contributed by atoms with van der Waals surface area (Å²) in [4.78, 5) is 30.6. The standard InChI is InChI=1S/C20H25N3O2S/c1-3-12-21-20(25)17-15-26-18(22-17)14-23(13-4-2)19(24)11-10-16-8-6-5-7-9-16/h5-11,15H,3-4,12-14H2,1-2H3,(H,21,25)/b11-10+. The van der Waals surface area contributed by atoms with Crippen molar-refractivity contribution in [3.8, 4) is 0 Å². The first-order valence-electron chi connectivity index (χ1n) is 8.88. The molecule has 2 amide bonds. The highest BCUT2D eigenvalue weighted by Gasteiger charge is 2.15. The van der Waals surface area contributed by atoms with E-state index in [1.165, 1.54) is 11.3 Å². The van der Waals surface area contributed by atoms with Gasteiger partial charge in [0.1, 0.15) is 10.7 Å². The topological polar surface area (TPSA) is 62.3 Å². The lowest BCUT2D eigenvalue weighted by molar-refractivity contribution is -0.126. The molecule has 1 heterocycles. The average Bonchev–Trinajstić information content (AvgIpc) is 3.13. The van der Waals surface area contributed by atoms with Crippen molar-refractivity contribution in [1.82, 2.24) is 15.2 Å². The molecule has 0 saturated carbocycles. The Labute approximate surface area is 158 Å². The van der Waals surface area contributed by atoms with Gasteiger partial charge >= 0.3 is 0 Å². The van der Waals surface area contributed by atoms with E-state index in [0.29, 0.717) is 25.3 Å². The van der Waals surface area contributed by atoms with Gasteiger partial charge in [-0.25, -0.2) is 4.98 Å². The van der Waals surface area contributed by atoms with Gasteiger partial charge in [-0.1, -0.05) is 44.2 Å². The Kier molecular flexibility index (Phi) is 8.02. The van der Waals surface area contributed by atoms with Gasteiger partial charge in [0.25, 0.3) is 5.91 Å². The number of nitrogens with one attached hydrogen (secondary N) is 1. The maximum absolute atomic E-state index is 12.5. The second-order valence-corrected chi connectivity index (χ2v) is 6.83. The van der Waals surface area contributed by atoms with E-state index >= 15 is 0 Å². The number of nitrogens with zero attached hydrogens (tertiary/aromatic N) is 2. The molecule has 6 heteroatoms. The fraction of sp³-hybridized carbons (Fsp3) is 0.350. The molecule has 0 unspecified atom stereocenters. The Morgan fingerprint density at radius 1 is 1.19 bits per heavy atom. The Morgan fingerprint density at radius 2 is 1.96 bits per heavy atom. The smallest absolute Gasteiger partial charge is 0.270 e. The van der Waals surface area contributed by atoms with Crippen molar-refractivity contribution in [3.05, 3.63) is 58.1 Å². The second kappa shape index (κ2) is 10.5. The largest absolute Gasteiger partial charge is 0.351 e. The Balaban J connectivity index is 2.01. The molecule has 0 fully saturated rings. The van der Waals surface area contributed by atoms with Gasteiger partial charge in [0.2, 0.25) is 5.91 Å². The molecule has 2 aromatic rings. The minimum atomic E-state index is -0.160. The van der Waals surface area contributed by atoms with Gasteiger partial charge in [-0.2, -0.15) is 0 Å². The first-order valence-corrected chi connectivity index (χ1v) is 9.76. The van der Waals surface area contributed by atoms with Crippen LogP contribution in [0.3, 0.4) is 0 Å². The maximum Gasteiger partial charge on any atom is 0.270 e. The summed E-state index contributed by atoms with van der Waals surface area (Å²) in [5, 5.41) is 5.33. The van der Waals surface area contributed by atoms with Crippen LogP contribution in [0.1, 0.15) is 47.7 Å². The summed E-state index contributed by atoms with van der Waals surface area (Å²) in [6.45, 7) is 5.74. The minimum absolute atomic E-state index is 0.0529.